The van der Waals surface area contributed by atoms with Crippen LogP contribution in [-0.4, -0.2) is 17.1 Å². The summed E-state index contributed by atoms with van der Waals surface area (Å²) >= 11 is 0. The Morgan fingerprint density at radius 1 is 1.35 bits per heavy atom. The van der Waals surface area contributed by atoms with Gasteiger partial charge in [-0.05, 0) is 25.2 Å². The fourth-order valence-electron chi connectivity index (χ4n) is 2.73. The lowest BCUT2D eigenvalue weighted by atomic mass is 9.75. The molecule has 0 aliphatic carbocycles. The van der Waals surface area contributed by atoms with Gasteiger partial charge in [0.05, 0.1) is 0 Å². The second-order valence-electron chi connectivity index (χ2n) is 5.88. The summed E-state index contributed by atoms with van der Waals surface area (Å²) in [6.45, 7) is 10.7. The lowest BCUT2D eigenvalue weighted by Crippen LogP contribution is -2.44. The van der Waals surface area contributed by atoms with E-state index in [0.29, 0.717) is 5.69 Å². The van der Waals surface area contributed by atoms with Crippen LogP contribution in [0.3, 0.4) is 0 Å². The van der Waals surface area contributed by atoms with Crippen molar-refractivity contribution >= 4 is 5.91 Å². The Labute approximate surface area is 122 Å². The normalized spacial score (nSPS) is 13.2. The van der Waals surface area contributed by atoms with Gasteiger partial charge in [0.2, 0.25) is 0 Å². The van der Waals surface area contributed by atoms with Gasteiger partial charge in [-0.2, -0.15) is 0 Å². The maximum absolute atomic E-state index is 12.2. The Morgan fingerprint density at radius 3 is 2.40 bits per heavy atom. The lowest BCUT2D eigenvalue weighted by Gasteiger charge is -2.36. The molecule has 0 bridgehead atoms. The Morgan fingerprint density at radius 2 is 1.95 bits per heavy atom. The van der Waals surface area contributed by atoms with E-state index >= 15 is 0 Å². The third kappa shape index (κ3) is 4.09. The number of nitrogens with one attached hydrogen (secondary N) is 1. The molecule has 1 aromatic rings. The van der Waals surface area contributed by atoms with E-state index in [-0.39, 0.29) is 17.4 Å². The first kappa shape index (κ1) is 16.7. The number of hydrogen-bond donors (Lipinski definition) is 1. The van der Waals surface area contributed by atoms with Gasteiger partial charge >= 0.3 is 0 Å². The second-order valence-corrected chi connectivity index (χ2v) is 5.88. The maximum atomic E-state index is 12.2. The molecule has 0 saturated carbocycles. The van der Waals surface area contributed by atoms with Crippen LogP contribution < -0.4 is 5.32 Å². The predicted molar refractivity (Wildman–Crippen MR) is 80.7 cm³/mol. The van der Waals surface area contributed by atoms with Crippen LogP contribution in [0.2, 0.25) is 0 Å². The maximum Gasteiger partial charge on any atom is 0.273 e. The molecule has 0 fully saturated rings. The van der Waals surface area contributed by atoms with Gasteiger partial charge in [-0.3, -0.25) is 4.79 Å². The van der Waals surface area contributed by atoms with Crippen molar-refractivity contribution < 1.29 is 9.32 Å². The number of carbonyl (C=O) groups is 1. The lowest BCUT2D eigenvalue weighted by molar-refractivity contribution is 0.0870. The summed E-state index contributed by atoms with van der Waals surface area (Å²) < 4.78 is 5.09. The van der Waals surface area contributed by atoms with E-state index in [1.54, 1.807) is 6.07 Å². The molecule has 0 aliphatic rings. The van der Waals surface area contributed by atoms with Crippen LogP contribution in [0.5, 0.6) is 0 Å². The van der Waals surface area contributed by atoms with Crippen LogP contribution in [0.25, 0.3) is 0 Å². The average molecular weight is 280 g/mol. The molecule has 20 heavy (non-hydrogen) atoms. The number of carbonyl (C=O) groups excluding carboxylic acids is 1. The Balaban J connectivity index is 2.71. The fraction of sp³-hybridized carbons (Fsp3) is 0.750. The zero-order chi connectivity index (χ0) is 15.2. The molecule has 1 atom stereocenters. The van der Waals surface area contributed by atoms with Gasteiger partial charge in [-0.15, -0.1) is 0 Å². The minimum Gasteiger partial charge on any atom is -0.361 e. The highest BCUT2D eigenvalue weighted by atomic mass is 16.5. The molecule has 0 spiro atoms. The van der Waals surface area contributed by atoms with Crippen molar-refractivity contribution in [3.05, 3.63) is 17.5 Å². The first-order chi connectivity index (χ1) is 9.46. The van der Waals surface area contributed by atoms with E-state index < -0.39 is 0 Å². The molecular weight excluding hydrogens is 252 g/mol. The van der Waals surface area contributed by atoms with Crippen molar-refractivity contribution in [3.63, 3.8) is 0 Å². The number of nitrogens with zero attached hydrogens (tertiary/aromatic N) is 1. The third-order valence-corrected chi connectivity index (χ3v) is 4.18. The van der Waals surface area contributed by atoms with Gasteiger partial charge in [0.15, 0.2) is 5.69 Å². The summed E-state index contributed by atoms with van der Waals surface area (Å²) in [6.07, 6.45) is 5.23. The quantitative estimate of drug-likeness (QED) is 0.784. The van der Waals surface area contributed by atoms with E-state index in [4.69, 9.17) is 4.52 Å². The molecule has 114 valence electrons. The van der Waals surface area contributed by atoms with E-state index in [2.05, 4.69) is 38.2 Å². The minimum atomic E-state index is -0.139. The predicted octanol–water partition coefficient (Wildman–Crippen LogP) is 3.96. The van der Waals surface area contributed by atoms with Gasteiger partial charge in [0.25, 0.3) is 5.91 Å². The summed E-state index contributed by atoms with van der Waals surface area (Å²) in [7, 11) is 0. The van der Waals surface area contributed by atoms with Crippen molar-refractivity contribution in [1.29, 1.82) is 0 Å². The average Bonchev–Trinajstić information content (AvgIpc) is 2.88. The summed E-state index contributed by atoms with van der Waals surface area (Å²) in [5, 5.41) is 6.91. The highest BCUT2D eigenvalue weighted by Crippen LogP contribution is 2.33. The topological polar surface area (TPSA) is 55.1 Å². The van der Waals surface area contributed by atoms with Gasteiger partial charge < -0.3 is 9.84 Å². The number of amides is 1. The largest absolute Gasteiger partial charge is 0.361 e. The van der Waals surface area contributed by atoms with Crippen molar-refractivity contribution in [2.24, 2.45) is 5.41 Å². The monoisotopic (exact) mass is 280 g/mol. The number of rotatable bonds is 8. The highest BCUT2D eigenvalue weighted by molar-refractivity contribution is 5.92. The van der Waals surface area contributed by atoms with Crippen LogP contribution in [0.15, 0.2) is 10.6 Å². The summed E-state index contributed by atoms with van der Waals surface area (Å²) in [6, 6.07) is 1.84. The fourth-order valence-corrected chi connectivity index (χ4v) is 2.73. The molecule has 0 aliphatic heterocycles. The van der Waals surface area contributed by atoms with Crippen LogP contribution in [0, 0.1) is 5.41 Å². The van der Waals surface area contributed by atoms with Crippen LogP contribution in [-0.2, 0) is 6.42 Å². The zero-order valence-electron chi connectivity index (χ0n) is 13.5. The SMILES string of the molecule is CCCC(C)(CCC)C(C)NC(=O)c1cc(CC)on1. The van der Waals surface area contributed by atoms with E-state index in [0.717, 1.165) is 37.9 Å². The van der Waals surface area contributed by atoms with Gasteiger partial charge in [-0.25, -0.2) is 0 Å². The minimum absolute atomic E-state index is 0.122. The summed E-state index contributed by atoms with van der Waals surface area (Å²) in [4.78, 5) is 12.2. The van der Waals surface area contributed by atoms with Gasteiger partial charge in [-0.1, -0.05) is 45.7 Å². The number of aromatic nitrogens is 1. The molecule has 4 heteroatoms. The molecule has 1 unspecified atom stereocenters. The number of hydrogen-bond acceptors (Lipinski definition) is 3. The van der Waals surface area contributed by atoms with Crippen molar-refractivity contribution in [2.45, 2.75) is 72.8 Å². The Kier molecular flexibility index (Phi) is 6.24. The molecule has 4 nitrogen and oxygen atoms in total. The van der Waals surface area contributed by atoms with Gasteiger partial charge in [0, 0.05) is 18.5 Å². The molecule has 1 amide bonds. The molecule has 1 rings (SSSR count). The molecular formula is C16H28N2O2. The summed E-state index contributed by atoms with van der Waals surface area (Å²) in [5.41, 5.74) is 0.514. The molecule has 1 heterocycles. The molecule has 0 radical (unpaired) electrons. The van der Waals surface area contributed by atoms with E-state index in [9.17, 15) is 4.79 Å². The summed E-state index contributed by atoms with van der Waals surface area (Å²) in [5.74, 6) is 0.604. The van der Waals surface area contributed by atoms with Crippen LogP contribution >= 0.6 is 0 Å². The third-order valence-electron chi connectivity index (χ3n) is 4.18. The Hall–Kier alpha value is -1.32. The Bertz CT molecular complexity index is 420. The van der Waals surface area contributed by atoms with E-state index in [1.165, 1.54) is 0 Å². The zero-order valence-corrected chi connectivity index (χ0v) is 13.5. The van der Waals surface area contributed by atoms with E-state index in [1.807, 2.05) is 6.92 Å². The first-order valence-electron chi connectivity index (χ1n) is 7.73. The molecule has 1 aromatic heterocycles. The second kappa shape index (κ2) is 7.46. The standard InChI is InChI=1S/C16H28N2O2/c1-6-9-16(5,10-7-2)12(4)17-15(19)14-11-13(8-3)20-18-14/h11-12H,6-10H2,1-5H3,(H,17,19). The van der Waals surface area contributed by atoms with Crippen molar-refractivity contribution in [1.82, 2.24) is 10.5 Å². The van der Waals surface area contributed by atoms with Crippen LogP contribution in [0.4, 0.5) is 0 Å². The van der Waals surface area contributed by atoms with Crippen molar-refractivity contribution in [3.8, 4) is 0 Å². The van der Waals surface area contributed by atoms with Crippen molar-refractivity contribution in [2.75, 3.05) is 0 Å². The first-order valence-corrected chi connectivity index (χ1v) is 7.73. The highest BCUT2D eigenvalue weighted by Gasteiger charge is 2.31. The number of aryl methyl sites for hydroxylation is 1. The smallest absolute Gasteiger partial charge is 0.273 e. The molecule has 0 saturated heterocycles. The van der Waals surface area contributed by atoms with Crippen LogP contribution in [0.1, 0.15) is 76.6 Å². The molecule has 0 aromatic carbocycles. The molecule has 1 N–H and O–H groups in total. The van der Waals surface area contributed by atoms with Gasteiger partial charge in [0.1, 0.15) is 5.76 Å².